The molecule has 3 rings (SSSR count). The van der Waals surface area contributed by atoms with Gasteiger partial charge in [-0.25, -0.2) is 0 Å². The van der Waals surface area contributed by atoms with Crippen LogP contribution in [-0.4, -0.2) is 82.0 Å². The number of hydrogen-bond acceptors (Lipinski definition) is 10. The number of aliphatic hydroxyl groups excluding tert-OH is 5. The van der Waals surface area contributed by atoms with Crippen molar-refractivity contribution in [2.45, 2.75) is 63.3 Å². The molecular formula is C20H28O10. The fourth-order valence-electron chi connectivity index (χ4n) is 3.45. The number of hydrogen-bond donors (Lipinski definition) is 5. The molecule has 30 heavy (non-hydrogen) atoms. The van der Waals surface area contributed by atoms with Crippen molar-refractivity contribution >= 4 is 5.97 Å². The van der Waals surface area contributed by atoms with Crippen LogP contribution < -0.4 is 0 Å². The number of esters is 1. The Morgan fingerprint density at radius 3 is 2.53 bits per heavy atom. The van der Waals surface area contributed by atoms with Crippen molar-refractivity contribution in [3.63, 3.8) is 0 Å². The summed E-state index contributed by atoms with van der Waals surface area (Å²) in [5.41, 5.74) is 1.60. The summed E-state index contributed by atoms with van der Waals surface area (Å²) in [6.45, 7) is 1.11. The van der Waals surface area contributed by atoms with Gasteiger partial charge in [0.2, 0.25) is 6.29 Å². The Hall–Kier alpha value is -1.95. The maximum atomic E-state index is 11.8. The zero-order valence-electron chi connectivity index (χ0n) is 16.7. The van der Waals surface area contributed by atoms with Crippen LogP contribution in [0.25, 0.3) is 0 Å². The van der Waals surface area contributed by atoms with Gasteiger partial charge in [0.05, 0.1) is 13.2 Å². The van der Waals surface area contributed by atoms with E-state index in [1.54, 1.807) is 13.0 Å². The van der Waals surface area contributed by atoms with Gasteiger partial charge in [-0.05, 0) is 37.0 Å². The molecule has 5 unspecified atom stereocenters. The molecule has 0 spiro atoms. The van der Waals surface area contributed by atoms with E-state index >= 15 is 0 Å². The molecule has 1 aliphatic carbocycles. The zero-order valence-corrected chi connectivity index (χ0v) is 16.7. The van der Waals surface area contributed by atoms with Crippen LogP contribution in [0.2, 0.25) is 0 Å². The molecule has 2 heterocycles. The molecule has 10 nitrogen and oxygen atoms in total. The van der Waals surface area contributed by atoms with Gasteiger partial charge in [0.1, 0.15) is 36.8 Å². The number of allylic oxidation sites excluding steroid dienone is 2. The lowest BCUT2D eigenvalue weighted by Crippen LogP contribution is -2.59. The Labute approximate surface area is 173 Å². The van der Waals surface area contributed by atoms with E-state index < -0.39 is 43.3 Å². The molecule has 0 aromatic carbocycles. The van der Waals surface area contributed by atoms with Crippen molar-refractivity contribution in [2.75, 3.05) is 19.8 Å². The Morgan fingerprint density at radius 2 is 1.83 bits per heavy atom. The lowest BCUT2D eigenvalue weighted by molar-refractivity contribution is -0.292. The zero-order chi connectivity index (χ0) is 21.8. The molecule has 0 saturated carbocycles. The predicted molar refractivity (Wildman–Crippen MR) is 100 cm³/mol. The first-order chi connectivity index (χ1) is 14.3. The van der Waals surface area contributed by atoms with Gasteiger partial charge in [0, 0.05) is 12.8 Å². The van der Waals surface area contributed by atoms with E-state index in [2.05, 4.69) is 0 Å². The van der Waals surface area contributed by atoms with Crippen molar-refractivity contribution < 1.29 is 49.3 Å². The van der Waals surface area contributed by atoms with Crippen LogP contribution in [0.1, 0.15) is 32.6 Å². The van der Waals surface area contributed by atoms with Gasteiger partial charge < -0.3 is 44.5 Å². The van der Waals surface area contributed by atoms with E-state index in [0.29, 0.717) is 24.8 Å². The Balaban J connectivity index is 1.86. The van der Waals surface area contributed by atoms with Crippen molar-refractivity contribution in [1.29, 1.82) is 0 Å². The first kappa shape index (κ1) is 22.7. The maximum Gasteiger partial charge on any atom is 0.311 e. The van der Waals surface area contributed by atoms with Gasteiger partial charge in [-0.1, -0.05) is 0 Å². The SMILES string of the molecule is C/C(=C/COC1=C(OC2OC(CO)C(O)C(O)C2O)CCC2=C1OC(=O)CC2)CO. The third-order valence-electron chi connectivity index (χ3n) is 5.30. The van der Waals surface area contributed by atoms with Crippen LogP contribution in [0.5, 0.6) is 0 Å². The molecule has 1 saturated heterocycles. The standard InChI is InChI=1S/C20H28O10/c1-10(8-21)6-7-27-19-12(4-2-11-3-5-14(23)30-18(11)19)28-20-17(26)16(25)15(24)13(9-22)29-20/h6,13,15-17,20-22,24-26H,2-5,7-9H2,1H3/b10-6-. The summed E-state index contributed by atoms with van der Waals surface area (Å²) < 4.78 is 22.4. The summed E-state index contributed by atoms with van der Waals surface area (Å²) in [4.78, 5) is 11.8. The highest BCUT2D eigenvalue weighted by Crippen LogP contribution is 2.39. The topological polar surface area (TPSA) is 155 Å². The minimum Gasteiger partial charge on any atom is -0.482 e. The minimum absolute atomic E-state index is 0.0810. The number of ether oxygens (including phenoxy) is 4. The molecule has 0 radical (unpaired) electrons. The molecular weight excluding hydrogens is 400 g/mol. The van der Waals surface area contributed by atoms with E-state index in [4.69, 9.17) is 24.1 Å². The molecule has 168 valence electrons. The van der Waals surface area contributed by atoms with E-state index in [0.717, 1.165) is 5.57 Å². The molecule has 5 atom stereocenters. The van der Waals surface area contributed by atoms with Gasteiger partial charge in [0.25, 0.3) is 0 Å². The number of carbonyl (C=O) groups is 1. The van der Waals surface area contributed by atoms with Crippen molar-refractivity contribution in [2.24, 2.45) is 0 Å². The highest BCUT2D eigenvalue weighted by Gasteiger charge is 2.45. The maximum absolute atomic E-state index is 11.8. The van der Waals surface area contributed by atoms with E-state index in [-0.39, 0.29) is 36.9 Å². The summed E-state index contributed by atoms with van der Waals surface area (Å²) in [6.07, 6.45) is -3.72. The summed E-state index contributed by atoms with van der Waals surface area (Å²) in [7, 11) is 0. The van der Waals surface area contributed by atoms with Crippen LogP contribution in [0, 0.1) is 0 Å². The summed E-state index contributed by atoms with van der Waals surface area (Å²) in [5.74, 6) is 0.309. The van der Waals surface area contributed by atoms with Gasteiger partial charge >= 0.3 is 5.97 Å². The normalized spacial score (nSPS) is 32.7. The lowest BCUT2D eigenvalue weighted by Gasteiger charge is -2.40. The van der Waals surface area contributed by atoms with Crippen molar-refractivity contribution in [3.8, 4) is 0 Å². The summed E-state index contributed by atoms with van der Waals surface area (Å²) >= 11 is 0. The second-order valence-electron chi connectivity index (χ2n) is 7.49. The second kappa shape index (κ2) is 9.90. The predicted octanol–water partition coefficient (Wildman–Crippen LogP) is -0.645. The number of carbonyl (C=O) groups excluding carboxylic acids is 1. The van der Waals surface area contributed by atoms with Crippen LogP contribution >= 0.6 is 0 Å². The lowest BCUT2D eigenvalue weighted by atomic mass is 9.94. The largest absolute Gasteiger partial charge is 0.482 e. The fourth-order valence-corrected chi connectivity index (χ4v) is 3.45. The van der Waals surface area contributed by atoms with Gasteiger partial charge in [-0.2, -0.15) is 0 Å². The molecule has 10 heteroatoms. The minimum atomic E-state index is -1.58. The Bertz CT molecular complexity index is 738. The monoisotopic (exact) mass is 428 g/mol. The molecule has 3 aliphatic rings. The molecule has 1 fully saturated rings. The van der Waals surface area contributed by atoms with Gasteiger partial charge in [-0.3, -0.25) is 4.79 Å². The molecule has 2 aliphatic heterocycles. The van der Waals surface area contributed by atoms with Crippen LogP contribution in [0.3, 0.4) is 0 Å². The first-order valence-corrected chi connectivity index (χ1v) is 9.88. The second-order valence-corrected chi connectivity index (χ2v) is 7.49. The highest BCUT2D eigenvalue weighted by molar-refractivity contribution is 5.73. The Kier molecular flexibility index (Phi) is 7.50. The average molecular weight is 428 g/mol. The fraction of sp³-hybridized carbons (Fsp3) is 0.650. The average Bonchev–Trinajstić information content (AvgIpc) is 2.74. The molecule has 5 N–H and O–H groups in total. The summed E-state index contributed by atoms with van der Waals surface area (Å²) in [5, 5.41) is 48.7. The first-order valence-electron chi connectivity index (χ1n) is 9.88. The number of aliphatic hydroxyl groups is 5. The van der Waals surface area contributed by atoms with E-state index in [1.807, 2.05) is 0 Å². The van der Waals surface area contributed by atoms with Crippen LogP contribution in [0.4, 0.5) is 0 Å². The van der Waals surface area contributed by atoms with Gasteiger partial charge in [-0.15, -0.1) is 0 Å². The Morgan fingerprint density at radius 1 is 1.10 bits per heavy atom. The highest BCUT2D eigenvalue weighted by atomic mass is 16.7. The summed E-state index contributed by atoms with van der Waals surface area (Å²) in [6, 6.07) is 0. The third kappa shape index (κ3) is 4.85. The van der Waals surface area contributed by atoms with Gasteiger partial charge in [0.15, 0.2) is 11.5 Å². The van der Waals surface area contributed by atoms with Crippen LogP contribution in [-0.2, 0) is 23.7 Å². The van der Waals surface area contributed by atoms with E-state index in [1.165, 1.54) is 0 Å². The smallest absolute Gasteiger partial charge is 0.311 e. The molecule has 0 amide bonds. The molecule has 0 bridgehead atoms. The van der Waals surface area contributed by atoms with Crippen LogP contribution in [0.15, 0.2) is 34.5 Å². The van der Waals surface area contributed by atoms with E-state index in [9.17, 15) is 25.2 Å². The quantitative estimate of drug-likeness (QED) is 0.261. The molecule has 0 aromatic rings. The van der Waals surface area contributed by atoms with Crippen molar-refractivity contribution in [1.82, 2.24) is 0 Å². The van der Waals surface area contributed by atoms with Crippen molar-refractivity contribution in [3.05, 3.63) is 34.5 Å². The number of rotatable bonds is 7. The molecule has 0 aromatic heterocycles. The third-order valence-corrected chi connectivity index (χ3v) is 5.30.